The number of benzene rings is 1. The summed E-state index contributed by atoms with van der Waals surface area (Å²) in [7, 11) is -1.72. The second-order valence-electron chi connectivity index (χ2n) is 5.51. The lowest BCUT2D eigenvalue weighted by Crippen LogP contribution is -2.32. The van der Waals surface area contributed by atoms with Crippen molar-refractivity contribution in [2.24, 2.45) is 0 Å². The summed E-state index contributed by atoms with van der Waals surface area (Å²) in [6.45, 7) is 0.0159. The van der Waals surface area contributed by atoms with Crippen LogP contribution in [0, 0.1) is 0 Å². The van der Waals surface area contributed by atoms with Gasteiger partial charge in [-0.3, -0.25) is 0 Å². The maximum Gasteiger partial charge on any atom is 0.242 e. The molecule has 0 atom stereocenters. The number of hydrogen-bond acceptors (Lipinski definition) is 6. The molecule has 8 heteroatoms. The first kappa shape index (κ1) is 15.9. The molecular formula is C15H19N3O4S. The van der Waals surface area contributed by atoms with E-state index in [1.54, 1.807) is 19.2 Å². The second-order valence-corrected chi connectivity index (χ2v) is 7.56. The highest BCUT2D eigenvalue weighted by Crippen LogP contribution is 2.24. The Morgan fingerprint density at radius 1 is 1.26 bits per heavy atom. The van der Waals surface area contributed by atoms with Crippen LogP contribution in [0.2, 0.25) is 0 Å². The Hall–Kier alpha value is -1.93. The van der Waals surface area contributed by atoms with Gasteiger partial charge in [-0.2, -0.15) is 4.98 Å². The van der Waals surface area contributed by atoms with Crippen molar-refractivity contribution >= 4 is 10.0 Å². The molecule has 0 saturated heterocycles. The Labute approximate surface area is 135 Å². The van der Waals surface area contributed by atoms with Crippen molar-refractivity contribution in [3.05, 3.63) is 30.2 Å². The van der Waals surface area contributed by atoms with E-state index in [1.807, 2.05) is 12.1 Å². The fourth-order valence-electron chi connectivity index (χ4n) is 2.66. The minimum atomic E-state index is -3.32. The van der Waals surface area contributed by atoms with Crippen molar-refractivity contribution in [1.82, 2.24) is 14.9 Å². The zero-order chi connectivity index (χ0) is 16.3. The molecule has 1 aliphatic carbocycles. The fourth-order valence-corrected chi connectivity index (χ4v) is 4.18. The average Bonchev–Trinajstić information content (AvgIpc) is 3.25. The van der Waals surface area contributed by atoms with Crippen molar-refractivity contribution in [3.8, 4) is 17.1 Å². The fraction of sp³-hybridized carbons (Fsp3) is 0.467. The van der Waals surface area contributed by atoms with Gasteiger partial charge in [0.1, 0.15) is 5.75 Å². The highest BCUT2D eigenvalue weighted by Gasteiger charge is 2.28. The zero-order valence-corrected chi connectivity index (χ0v) is 13.7. The van der Waals surface area contributed by atoms with E-state index in [1.165, 1.54) is 0 Å². The first-order chi connectivity index (χ1) is 11.1. The van der Waals surface area contributed by atoms with Crippen LogP contribution in [0.5, 0.6) is 5.75 Å². The third kappa shape index (κ3) is 3.70. The van der Waals surface area contributed by atoms with Gasteiger partial charge in [-0.15, -0.1) is 0 Å². The third-order valence-electron chi connectivity index (χ3n) is 3.98. The topological polar surface area (TPSA) is 94.3 Å². The summed E-state index contributed by atoms with van der Waals surface area (Å²) in [5, 5.41) is 3.58. The Morgan fingerprint density at radius 3 is 2.61 bits per heavy atom. The van der Waals surface area contributed by atoms with Gasteiger partial charge >= 0.3 is 0 Å². The summed E-state index contributed by atoms with van der Waals surface area (Å²) in [6, 6.07) is 7.23. The molecule has 2 aromatic rings. The van der Waals surface area contributed by atoms with Crippen LogP contribution in [-0.4, -0.2) is 30.9 Å². The van der Waals surface area contributed by atoms with E-state index in [4.69, 9.17) is 9.26 Å². The molecule has 1 fully saturated rings. The van der Waals surface area contributed by atoms with E-state index < -0.39 is 10.0 Å². The summed E-state index contributed by atoms with van der Waals surface area (Å²) >= 11 is 0. The van der Waals surface area contributed by atoms with Crippen molar-refractivity contribution in [2.75, 3.05) is 7.11 Å². The number of hydrogen-bond donors (Lipinski definition) is 1. The molecule has 0 spiro atoms. The number of methoxy groups -OCH3 is 1. The SMILES string of the molecule is COc1ccc(-c2noc(CNS(=O)(=O)C3CCCC3)n2)cc1. The summed E-state index contributed by atoms with van der Waals surface area (Å²) in [4.78, 5) is 4.22. The smallest absolute Gasteiger partial charge is 0.242 e. The number of ether oxygens (including phenoxy) is 1. The van der Waals surface area contributed by atoms with Crippen LogP contribution in [0.3, 0.4) is 0 Å². The Kier molecular flexibility index (Phi) is 4.63. The number of rotatable bonds is 6. The Morgan fingerprint density at radius 2 is 1.96 bits per heavy atom. The van der Waals surface area contributed by atoms with Crippen molar-refractivity contribution in [2.45, 2.75) is 37.5 Å². The summed E-state index contributed by atoms with van der Waals surface area (Å²) in [5.41, 5.74) is 0.777. The van der Waals surface area contributed by atoms with Gasteiger partial charge in [0.05, 0.1) is 18.9 Å². The maximum absolute atomic E-state index is 12.1. The minimum Gasteiger partial charge on any atom is -0.497 e. The van der Waals surface area contributed by atoms with Gasteiger partial charge in [-0.05, 0) is 37.1 Å². The normalized spacial score (nSPS) is 15.9. The van der Waals surface area contributed by atoms with Crippen LogP contribution in [0.25, 0.3) is 11.4 Å². The predicted octanol–water partition coefficient (Wildman–Crippen LogP) is 2.11. The van der Waals surface area contributed by atoms with E-state index >= 15 is 0 Å². The van der Waals surface area contributed by atoms with E-state index in [0.29, 0.717) is 5.82 Å². The standard InChI is InChI=1S/C15H19N3O4S/c1-21-12-8-6-11(7-9-12)15-17-14(22-18-15)10-16-23(19,20)13-4-2-3-5-13/h6-9,13,16H,2-5,10H2,1H3. The average molecular weight is 337 g/mol. The van der Waals surface area contributed by atoms with Crippen molar-refractivity contribution < 1.29 is 17.7 Å². The van der Waals surface area contributed by atoms with Gasteiger partial charge in [0.15, 0.2) is 0 Å². The van der Waals surface area contributed by atoms with Crippen molar-refractivity contribution in [3.63, 3.8) is 0 Å². The highest BCUT2D eigenvalue weighted by molar-refractivity contribution is 7.90. The number of nitrogens with zero attached hydrogens (tertiary/aromatic N) is 2. The van der Waals surface area contributed by atoms with Gasteiger partial charge in [0, 0.05) is 5.56 Å². The molecule has 1 aromatic carbocycles. The van der Waals surface area contributed by atoms with Gasteiger partial charge in [-0.25, -0.2) is 13.1 Å². The number of aromatic nitrogens is 2. The molecule has 3 rings (SSSR count). The molecule has 1 N–H and O–H groups in total. The second kappa shape index (κ2) is 6.67. The van der Waals surface area contributed by atoms with E-state index in [-0.39, 0.29) is 17.7 Å². The van der Waals surface area contributed by atoms with Crippen LogP contribution in [-0.2, 0) is 16.6 Å². The molecule has 1 aromatic heterocycles. The van der Waals surface area contributed by atoms with Crippen molar-refractivity contribution in [1.29, 1.82) is 0 Å². The first-order valence-electron chi connectivity index (χ1n) is 7.54. The van der Waals surface area contributed by atoms with Gasteiger partial charge < -0.3 is 9.26 Å². The summed E-state index contributed by atoms with van der Waals surface area (Å²) in [5.74, 6) is 1.40. The molecule has 0 aliphatic heterocycles. The monoisotopic (exact) mass is 337 g/mol. The largest absolute Gasteiger partial charge is 0.497 e. The lowest BCUT2D eigenvalue weighted by Gasteiger charge is -2.10. The summed E-state index contributed by atoms with van der Waals surface area (Å²) < 4.78 is 37.0. The molecule has 0 radical (unpaired) electrons. The lowest BCUT2D eigenvalue weighted by atomic mass is 10.2. The quantitative estimate of drug-likeness (QED) is 0.867. The molecule has 1 saturated carbocycles. The van der Waals surface area contributed by atoms with E-state index in [9.17, 15) is 8.42 Å². The number of sulfonamides is 1. The summed E-state index contributed by atoms with van der Waals surface area (Å²) in [6.07, 6.45) is 3.37. The molecule has 23 heavy (non-hydrogen) atoms. The van der Waals surface area contributed by atoms with Crippen LogP contribution in [0.15, 0.2) is 28.8 Å². The molecule has 1 aliphatic rings. The number of nitrogens with one attached hydrogen (secondary N) is 1. The van der Waals surface area contributed by atoms with Crippen LogP contribution < -0.4 is 9.46 Å². The molecular weight excluding hydrogens is 318 g/mol. The molecule has 0 bridgehead atoms. The molecule has 0 unspecified atom stereocenters. The van der Waals surface area contributed by atoms with E-state index in [2.05, 4.69) is 14.9 Å². The van der Waals surface area contributed by atoms with Crippen LogP contribution in [0.1, 0.15) is 31.6 Å². The third-order valence-corrected chi connectivity index (χ3v) is 5.88. The Bertz CT molecular complexity index is 749. The van der Waals surface area contributed by atoms with Gasteiger partial charge in [0.25, 0.3) is 0 Å². The molecule has 7 nitrogen and oxygen atoms in total. The van der Waals surface area contributed by atoms with E-state index in [0.717, 1.165) is 37.0 Å². The molecule has 124 valence electrons. The predicted molar refractivity (Wildman–Crippen MR) is 84.3 cm³/mol. The van der Waals surface area contributed by atoms with Crippen LogP contribution in [0.4, 0.5) is 0 Å². The maximum atomic E-state index is 12.1. The van der Waals surface area contributed by atoms with Crippen LogP contribution >= 0.6 is 0 Å². The van der Waals surface area contributed by atoms with Gasteiger partial charge in [-0.1, -0.05) is 18.0 Å². The van der Waals surface area contributed by atoms with Gasteiger partial charge in [0.2, 0.25) is 21.7 Å². The Balaban J connectivity index is 1.65. The molecule has 1 heterocycles. The zero-order valence-electron chi connectivity index (χ0n) is 12.9. The lowest BCUT2D eigenvalue weighted by molar-refractivity contribution is 0.375. The molecule has 0 amide bonds. The minimum absolute atomic E-state index is 0.0159. The first-order valence-corrected chi connectivity index (χ1v) is 9.08. The highest BCUT2D eigenvalue weighted by atomic mass is 32.2.